The highest BCUT2D eigenvalue weighted by Crippen LogP contribution is 2.39. The number of nitrogens with one attached hydrogen (secondary N) is 1. The molecule has 0 radical (unpaired) electrons. The third-order valence-electron chi connectivity index (χ3n) is 4.38. The number of non-ortho nitro benzene ring substituents is 1. The second kappa shape index (κ2) is 10.8. The monoisotopic (exact) mass is 487 g/mol. The largest absolute Gasteiger partial charge is 0.477 e. The second-order valence-electron chi connectivity index (χ2n) is 6.72. The number of carbonyl (C=O) groups is 1. The van der Waals surface area contributed by atoms with Gasteiger partial charge in [0.15, 0.2) is 5.75 Å². The molecule has 0 saturated carbocycles. The van der Waals surface area contributed by atoms with Crippen molar-refractivity contribution < 1.29 is 19.2 Å². The van der Waals surface area contributed by atoms with Crippen LogP contribution < -0.4 is 10.1 Å². The van der Waals surface area contributed by atoms with E-state index in [4.69, 9.17) is 32.7 Å². The molecule has 0 unspecified atom stereocenters. The minimum atomic E-state index is -0.669. The van der Waals surface area contributed by atoms with E-state index in [0.29, 0.717) is 23.6 Å². The molecule has 0 aromatic heterocycles. The van der Waals surface area contributed by atoms with Gasteiger partial charge in [-0.1, -0.05) is 41.4 Å². The molecule has 3 aromatic carbocycles. The van der Waals surface area contributed by atoms with Crippen molar-refractivity contribution in [2.75, 3.05) is 11.9 Å². The van der Waals surface area contributed by atoms with Gasteiger partial charge in [0.05, 0.1) is 21.6 Å². The van der Waals surface area contributed by atoms with Crippen molar-refractivity contribution in [3.8, 4) is 11.5 Å². The fourth-order valence-electron chi connectivity index (χ4n) is 2.85. The number of hydrogen-bond donors (Lipinski definition) is 1. The Morgan fingerprint density at radius 2 is 1.73 bits per heavy atom. The molecule has 3 rings (SSSR count). The zero-order chi connectivity index (χ0) is 24.0. The number of nitrogens with zero attached hydrogens (tertiary/aromatic N) is 2. The fraction of sp³-hybridized carbons (Fsp3) is 0.130. The smallest absolute Gasteiger partial charge is 0.348 e. The van der Waals surface area contributed by atoms with Crippen molar-refractivity contribution in [2.45, 2.75) is 13.8 Å². The van der Waals surface area contributed by atoms with Crippen LogP contribution in [0.2, 0.25) is 10.0 Å². The molecule has 0 atom stereocenters. The van der Waals surface area contributed by atoms with Crippen molar-refractivity contribution in [3.05, 3.63) is 92.0 Å². The quantitative estimate of drug-likeness (QED) is 0.174. The molecule has 33 heavy (non-hydrogen) atoms. The molecule has 0 heterocycles. The Morgan fingerprint density at radius 3 is 2.30 bits per heavy atom. The van der Waals surface area contributed by atoms with Gasteiger partial charge in [0.2, 0.25) is 5.90 Å². The molecule has 0 saturated heterocycles. The molecule has 10 heteroatoms. The number of hydrogen-bond acceptors (Lipinski definition) is 5. The average Bonchev–Trinajstić information content (AvgIpc) is 2.76. The Balaban J connectivity index is 1.78. The summed E-state index contributed by atoms with van der Waals surface area (Å²) in [6.45, 7) is 4.03. The highest BCUT2D eigenvalue weighted by molar-refractivity contribution is 6.37. The minimum Gasteiger partial charge on any atom is -0.477 e. The van der Waals surface area contributed by atoms with E-state index in [9.17, 15) is 14.9 Å². The Bertz CT molecular complexity index is 1190. The van der Waals surface area contributed by atoms with Crippen LogP contribution in [0.5, 0.6) is 11.5 Å². The summed E-state index contributed by atoms with van der Waals surface area (Å²) in [6, 6.07) is 15.1. The SMILES string of the molecule is CCO/C(=N\C(=O)Nc1cc(Cl)c(Oc2ccc([N+](=O)[O-])cc2)c(Cl)c1)c1ccccc1C. The predicted molar refractivity (Wildman–Crippen MR) is 128 cm³/mol. The van der Waals surface area contributed by atoms with Crippen LogP contribution in [-0.2, 0) is 4.74 Å². The molecule has 170 valence electrons. The first-order valence-electron chi connectivity index (χ1n) is 9.78. The number of aliphatic imine (C=N–C) groups is 1. The Kier molecular flexibility index (Phi) is 7.87. The summed E-state index contributed by atoms with van der Waals surface area (Å²) in [6.07, 6.45) is 0. The summed E-state index contributed by atoms with van der Waals surface area (Å²) in [4.78, 5) is 26.8. The van der Waals surface area contributed by atoms with Crippen LogP contribution in [0.4, 0.5) is 16.2 Å². The van der Waals surface area contributed by atoms with E-state index in [1.165, 1.54) is 36.4 Å². The van der Waals surface area contributed by atoms with Crippen LogP contribution in [0.25, 0.3) is 0 Å². The molecular weight excluding hydrogens is 469 g/mol. The molecule has 3 aromatic rings. The number of ether oxygens (including phenoxy) is 2. The summed E-state index contributed by atoms with van der Waals surface area (Å²) >= 11 is 12.6. The maximum absolute atomic E-state index is 12.5. The molecule has 0 bridgehead atoms. The number of halogens is 2. The van der Waals surface area contributed by atoms with Gasteiger partial charge in [-0.3, -0.25) is 10.1 Å². The standard InChI is InChI=1S/C23H19Cl2N3O5/c1-3-32-22(18-7-5-4-6-14(18)2)27-23(29)26-15-12-19(24)21(20(25)13-15)33-17-10-8-16(9-11-17)28(30)31/h4-13H,3H2,1-2H3,(H,26,29)/b27-22-. The number of carbonyl (C=O) groups excluding carboxylic acids is 1. The number of nitro groups is 1. The van der Waals surface area contributed by atoms with Crippen molar-refractivity contribution >= 4 is 46.5 Å². The molecule has 0 fully saturated rings. The molecule has 2 amide bonds. The van der Waals surface area contributed by atoms with Crippen LogP contribution in [0.3, 0.4) is 0 Å². The molecule has 0 spiro atoms. The summed E-state index contributed by atoms with van der Waals surface area (Å²) in [7, 11) is 0. The topological polar surface area (TPSA) is 103 Å². The van der Waals surface area contributed by atoms with E-state index >= 15 is 0 Å². The molecule has 0 aliphatic carbocycles. The molecule has 0 aliphatic heterocycles. The van der Waals surface area contributed by atoms with Gasteiger partial charge in [0.25, 0.3) is 5.69 Å². The number of aryl methyl sites for hydroxylation is 1. The van der Waals surface area contributed by atoms with Gasteiger partial charge in [-0.2, -0.15) is 4.99 Å². The van der Waals surface area contributed by atoms with Crippen molar-refractivity contribution in [3.63, 3.8) is 0 Å². The number of urea groups is 1. The lowest BCUT2D eigenvalue weighted by molar-refractivity contribution is -0.384. The Morgan fingerprint density at radius 1 is 1.09 bits per heavy atom. The number of anilines is 1. The molecule has 1 N–H and O–H groups in total. The van der Waals surface area contributed by atoms with Gasteiger partial charge in [0, 0.05) is 23.4 Å². The lowest BCUT2D eigenvalue weighted by Crippen LogP contribution is -2.15. The first kappa shape index (κ1) is 24.0. The zero-order valence-corrected chi connectivity index (χ0v) is 19.2. The van der Waals surface area contributed by atoms with Crippen LogP contribution in [0.15, 0.2) is 65.7 Å². The van der Waals surface area contributed by atoms with Crippen LogP contribution in [0.1, 0.15) is 18.1 Å². The normalized spacial score (nSPS) is 11.1. The summed E-state index contributed by atoms with van der Waals surface area (Å²) in [5.74, 6) is 0.650. The lowest BCUT2D eigenvalue weighted by atomic mass is 10.1. The van der Waals surface area contributed by atoms with Crippen LogP contribution in [0, 0.1) is 17.0 Å². The molecule has 8 nitrogen and oxygen atoms in total. The lowest BCUT2D eigenvalue weighted by Gasteiger charge is -2.12. The third-order valence-corrected chi connectivity index (χ3v) is 4.94. The average molecular weight is 488 g/mol. The summed E-state index contributed by atoms with van der Waals surface area (Å²) < 4.78 is 11.2. The van der Waals surface area contributed by atoms with E-state index in [2.05, 4.69) is 10.3 Å². The van der Waals surface area contributed by atoms with Gasteiger partial charge in [-0.05, 0) is 49.7 Å². The van der Waals surface area contributed by atoms with E-state index in [0.717, 1.165) is 5.56 Å². The van der Waals surface area contributed by atoms with Crippen LogP contribution >= 0.6 is 23.2 Å². The van der Waals surface area contributed by atoms with Crippen molar-refractivity contribution in [2.24, 2.45) is 4.99 Å². The summed E-state index contributed by atoms with van der Waals surface area (Å²) in [5.41, 5.74) is 1.85. The van der Waals surface area contributed by atoms with E-state index in [1.807, 2.05) is 31.2 Å². The maximum atomic E-state index is 12.5. The van der Waals surface area contributed by atoms with Crippen molar-refractivity contribution in [1.29, 1.82) is 0 Å². The maximum Gasteiger partial charge on any atom is 0.348 e. The molecule has 0 aliphatic rings. The fourth-order valence-corrected chi connectivity index (χ4v) is 3.41. The summed E-state index contributed by atoms with van der Waals surface area (Å²) in [5, 5.41) is 13.6. The predicted octanol–water partition coefficient (Wildman–Crippen LogP) is 7.02. The van der Waals surface area contributed by atoms with Crippen molar-refractivity contribution in [1.82, 2.24) is 0 Å². The van der Waals surface area contributed by atoms with Gasteiger partial charge >= 0.3 is 6.03 Å². The van der Waals surface area contributed by atoms with Gasteiger partial charge in [-0.25, -0.2) is 4.79 Å². The Labute approximate surface area is 199 Å². The van der Waals surface area contributed by atoms with E-state index in [1.54, 1.807) is 6.92 Å². The van der Waals surface area contributed by atoms with Gasteiger partial charge in [0.1, 0.15) is 5.75 Å². The van der Waals surface area contributed by atoms with Gasteiger partial charge < -0.3 is 14.8 Å². The van der Waals surface area contributed by atoms with E-state index in [-0.39, 0.29) is 27.4 Å². The van der Waals surface area contributed by atoms with Gasteiger partial charge in [-0.15, -0.1) is 0 Å². The highest BCUT2D eigenvalue weighted by Gasteiger charge is 2.15. The third kappa shape index (κ3) is 6.21. The Hall–Kier alpha value is -3.62. The minimum absolute atomic E-state index is 0.0738. The van der Waals surface area contributed by atoms with E-state index < -0.39 is 11.0 Å². The number of nitro benzene ring substituents is 1. The second-order valence-corrected chi connectivity index (χ2v) is 7.53. The first-order valence-corrected chi connectivity index (χ1v) is 10.5. The number of rotatable bonds is 6. The zero-order valence-electron chi connectivity index (χ0n) is 17.7. The number of benzene rings is 3. The molecular formula is C23H19Cl2N3O5. The number of amides is 2. The highest BCUT2D eigenvalue weighted by atomic mass is 35.5. The first-order chi connectivity index (χ1) is 15.8. The van der Waals surface area contributed by atoms with Crippen LogP contribution in [-0.4, -0.2) is 23.5 Å².